The Bertz CT molecular complexity index is 465. The maximum absolute atomic E-state index is 5.65. The Morgan fingerprint density at radius 3 is 2.88 bits per heavy atom. The van der Waals surface area contributed by atoms with Gasteiger partial charge in [0.25, 0.3) is 0 Å². The minimum absolute atomic E-state index is 0.207. The topological polar surface area (TPSA) is 51.8 Å². The second kappa shape index (κ2) is 4.72. The Hall–Kier alpha value is -1.26. The first-order chi connectivity index (χ1) is 7.70. The molecule has 0 radical (unpaired) electrons. The predicted molar refractivity (Wildman–Crippen MR) is 67.6 cm³/mol. The van der Waals surface area contributed by atoms with E-state index in [4.69, 9.17) is 5.73 Å². The van der Waals surface area contributed by atoms with E-state index in [1.165, 1.54) is 4.88 Å². The van der Waals surface area contributed by atoms with Crippen molar-refractivity contribution in [1.29, 1.82) is 0 Å². The number of hydrogen-bond donors (Lipinski definition) is 1. The van der Waals surface area contributed by atoms with Gasteiger partial charge in [0, 0.05) is 18.2 Å². The van der Waals surface area contributed by atoms with Gasteiger partial charge in [-0.3, -0.25) is 0 Å². The molecule has 1 unspecified atom stereocenters. The van der Waals surface area contributed by atoms with Gasteiger partial charge in [-0.2, -0.15) is 0 Å². The molecule has 16 heavy (non-hydrogen) atoms. The highest BCUT2D eigenvalue weighted by Gasteiger charge is 2.10. The Labute approximate surface area is 99.4 Å². The molecular formula is C12H15N3S. The third-order valence-electron chi connectivity index (χ3n) is 2.44. The van der Waals surface area contributed by atoms with Crippen LogP contribution in [-0.2, 0) is 0 Å². The van der Waals surface area contributed by atoms with E-state index >= 15 is 0 Å². The van der Waals surface area contributed by atoms with Crippen molar-refractivity contribution < 1.29 is 0 Å². The Balaban J connectivity index is 2.44. The predicted octanol–water partition coefficient (Wildman–Crippen LogP) is 2.58. The maximum Gasteiger partial charge on any atom is 0.133 e. The fourth-order valence-electron chi connectivity index (χ4n) is 1.47. The van der Waals surface area contributed by atoms with Crippen molar-refractivity contribution in [2.24, 2.45) is 5.73 Å². The molecule has 2 N–H and O–H groups in total. The average Bonchev–Trinajstić information content (AvgIpc) is 2.80. The minimum atomic E-state index is 0.207. The first-order valence-corrected chi connectivity index (χ1v) is 6.18. The molecule has 2 aromatic heterocycles. The molecule has 2 rings (SSSR count). The van der Waals surface area contributed by atoms with Crippen LogP contribution in [0.1, 0.15) is 24.4 Å². The van der Waals surface area contributed by atoms with Crippen LogP contribution in [0, 0.1) is 6.92 Å². The first kappa shape index (κ1) is 11.2. The molecule has 4 heteroatoms. The van der Waals surface area contributed by atoms with Gasteiger partial charge < -0.3 is 5.73 Å². The van der Waals surface area contributed by atoms with Crippen molar-refractivity contribution >= 4 is 11.3 Å². The largest absolute Gasteiger partial charge is 0.330 e. The van der Waals surface area contributed by atoms with Gasteiger partial charge >= 0.3 is 0 Å². The monoisotopic (exact) mass is 233 g/mol. The summed E-state index contributed by atoms with van der Waals surface area (Å²) < 4.78 is 0. The number of rotatable bonds is 3. The van der Waals surface area contributed by atoms with Crippen LogP contribution in [0.15, 0.2) is 23.6 Å². The normalized spacial score (nSPS) is 12.7. The molecule has 0 fully saturated rings. The summed E-state index contributed by atoms with van der Waals surface area (Å²) in [6.07, 6.45) is 0. The smallest absolute Gasteiger partial charge is 0.133 e. The van der Waals surface area contributed by atoms with E-state index in [-0.39, 0.29) is 5.92 Å². The molecule has 0 bridgehead atoms. The third-order valence-corrected chi connectivity index (χ3v) is 3.33. The van der Waals surface area contributed by atoms with Crippen LogP contribution in [0.3, 0.4) is 0 Å². The number of aryl methyl sites for hydroxylation is 1. The quantitative estimate of drug-likeness (QED) is 0.886. The number of hydrogen-bond acceptors (Lipinski definition) is 4. The van der Waals surface area contributed by atoms with Crippen LogP contribution in [0.25, 0.3) is 10.6 Å². The average molecular weight is 233 g/mol. The molecule has 2 aromatic rings. The Morgan fingerprint density at radius 1 is 1.44 bits per heavy atom. The highest BCUT2D eigenvalue weighted by atomic mass is 32.1. The summed E-state index contributed by atoms with van der Waals surface area (Å²) in [5.74, 6) is 1.05. The van der Waals surface area contributed by atoms with Crippen LogP contribution in [-0.4, -0.2) is 16.5 Å². The van der Waals surface area contributed by atoms with Crippen molar-refractivity contribution in [2.45, 2.75) is 19.8 Å². The van der Waals surface area contributed by atoms with Crippen LogP contribution in [0.5, 0.6) is 0 Å². The van der Waals surface area contributed by atoms with E-state index in [0.29, 0.717) is 6.54 Å². The van der Waals surface area contributed by atoms with E-state index < -0.39 is 0 Å². The lowest BCUT2D eigenvalue weighted by Gasteiger charge is -2.09. The number of aromatic nitrogens is 2. The zero-order valence-electron chi connectivity index (χ0n) is 9.47. The summed E-state index contributed by atoms with van der Waals surface area (Å²) in [6, 6.07) is 6.12. The van der Waals surface area contributed by atoms with Crippen LogP contribution < -0.4 is 5.73 Å². The van der Waals surface area contributed by atoms with E-state index in [1.807, 2.05) is 26.0 Å². The summed E-state index contributed by atoms with van der Waals surface area (Å²) in [4.78, 5) is 10.2. The van der Waals surface area contributed by atoms with Crippen molar-refractivity contribution in [3.63, 3.8) is 0 Å². The SMILES string of the molecule is Cc1cc(-c2cccs2)nc(C(C)CN)n1. The molecule has 0 aliphatic carbocycles. The van der Waals surface area contributed by atoms with Gasteiger partial charge in [-0.25, -0.2) is 9.97 Å². The molecule has 0 saturated heterocycles. The van der Waals surface area contributed by atoms with E-state index in [9.17, 15) is 0 Å². The molecule has 0 amide bonds. The van der Waals surface area contributed by atoms with E-state index in [2.05, 4.69) is 21.4 Å². The molecule has 0 saturated carbocycles. The van der Waals surface area contributed by atoms with Gasteiger partial charge in [0.2, 0.25) is 0 Å². The third kappa shape index (κ3) is 2.28. The van der Waals surface area contributed by atoms with Crippen LogP contribution in [0.4, 0.5) is 0 Å². The summed E-state index contributed by atoms with van der Waals surface area (Å²) >= 11 is 1.69. The second-order valence-electron chi connectivity index (χ2n) is 3.87. The second-order valence-corrected chi connectivity index (χ2v) is 4.81. The Kier molecular flexibility index (Phi) is 3.31. The lowest BCUT2D eigenvalue weighted by atomic mass is 10.1. The summed E-state index contributed by atoms with van der Waals surface area (Å²) in [5, 5.41) is 2.05. The summed E-state index contributed by atoms with van der Waals surface area (Å²) in [6.45, 7) is 4.62. The fourth-order valence-corrected chi connectivity index (χ4v) is 2.15. The maximum atomic E-state index is 5.65. The minimum Gasteiger partial charge on any atom is -0.330 e. The number of thiophene rings is 1. The lowest BCUT2D eigenvalue weighted by Crippen LogP contribution is -2.13. The molecule has 84 valence electrons. The standard InChI is InChI=1S/C12H15N3S/c1-8(7-13)12-14-9(2)6-10(15-12)11-4-3-5-16-11/h3-6,8H,7,13H2,1-2H3. The zero-order chi connectivity index (χ0) is 11.5. The number of nitrogens with two attached hydrogens (primary N) is 1. The molecule has 2 heterocycles. The van der Waals surface area contributed by atoms with Gasteiger partial charge in [0.1, 0.15) is 5.82 Å². The molecule has 0 aliphatic rings. The fraction of sp³-hybridized carbons (Fsp3) is 0.333. The molecule has 3 nitrogen and oxygen atoms in total. The number of nitrogens with zero attached hydrogens (tertiary/aromatic N) is 2. The first-order valence-electron chi connectivity index (χ1n) is 5.30. The molecular weight excluding hydrogens is 218 g/mol. The summed E-state index contributed by atoms with van der Waals surface area (Å²) in [5.41, 5.74) is 7.64. The van der Waals surface area contributed by atoms with Gasteiger partial charge in [-0.15, -0.1) is 11.3 Å². The zero-order valence-corrected chi connectivity index (χ0v) is 10.3. The lowest BCUT2D eigenvalue weighted by molar-refractivity contribution is 0.708. The highest BCUT2D eigenvalue weighted by Crippen LogP contribution is 2.24. The molecule has 0 aliphatic heterocycles. The van der Waals surface area contributed by atoms with Crippen LogP contribution in [0.2, 0.25) is 0 Å². The molecule has 0 spiro atoms. The van der Waals surface area contributed by atoms with E-state index in [1.54, 1.807) is 11.3 Å². The van der Waals surface area contributed by atoms with E-state index in [0.717, 1.165) is 17.2 Å². The van der Waals surface area contributed by atoms with Crippen molar-refractivity contribution in [2.75, 3.05) is 6.54 Å². The Morgan fingerprint density at radius 2 is 2.25 bits per heavy atom. The van der Waals surface area contributed by atoms with Gasteiger partial charge in [-0.1, -0.05) is 13.0 Å². The molecule has 0 aromatic carbocycles. The van der Waals surface area contributed by atoms with Crippen molar-refractivity contribution in [1.82, 2.24) is 9.97 Å². The van der Waals surface area contributed by atoms with Crippen molar-refractivity contribution in [3.05, 3.63) is 35.1 Å². The van der Waals surface area contributed by atoms with Crippen molar-refractivity contribution in [3.8, 4) is 10.6 Å². The molecule has 1 atom stereocenters. The van der Waals surface area contributed by atoms with Gasteiger partial charge in [0.05, 0.1) is 10.6 Å². The van der Waals surface area contributed by atoms with Gasteiger partial charge in [0.15, 0.2) is 0 Å². The van der Waals surface area contributed by atoms with Gasteiger partial charge in [-0.05, 0) is 24.4 Å². The summed E-state index contributed by atoms with van der Waals surface area (Å²) in [7, 11) is 0. The highest BCUT2D eigenvalue weighted by molar-refractivity contribution is 7.13. The van der Waals surface area contributed by atoms with Crippen LogP contribution >= 0.6 is 11.3 Å².